The topological polar surface area (TPSA) is 84.0 Å². The van der Waals surface area contributed by atoms with Gasteiger partial charge in [0.1, 0.15) is 6.67 Å². The van der Waals surface area contributed by atoms with E-state index in [9.17, 15) is 18.8 Å². The molecule has 0 spiro atoms. The lowest BCUT2D eigenvalue weighted by atomic mass is 10.1. The first-order chi connectivity index (χ1) is 12.1. The summed E-state index contributed by atoms with van der Waals surface area (Å²) in [6.45, 7) is -0.423. The number of nitrogens with zero attached hydrogens (tertiary/aromatic N) is 1. The van der Waals surface area contributed by atoms with E-state index >= 15 is 0 Å². The van der Waals surface area contributed by atoms with E-state index in [0.717, 1.165) is 4.57 Å². The van der Waals surface area contributed by atoms with E-state index in [1.807, 2.05) is 0 Å². The van der Waals surface area contributed by atoms with Crippen molar-refractivity contribution in [1.29, 1.82) is 0 Å². The normalized spacial score (nSPS) is 10.8. The third kappa shape index (κ3) is 3.50. The number of aromatic amines is 1. The zero-order valence-corrected chi connectivity index (χ0v) is 13.3. The van der Waals surface area contributed by atoms with Crippen LogP contribution in [0.5, 0.6) is 0 Å². The summed E-state index contributed by atoms with van der Waals surface area (Å²) in [5.74, 6) is -0.351. The van der Waals surface area contributed by atoms with E-state index in [2.05, 4.69) is 10.3 Å². The largest absolute Gasteiger partial charge is 0.350 e. The zero-order chi connectivity index (χ0) is 17.8. The number of amides is 1. The van der Waals surface area contributed by atoms with Crippen LogP contribution in [0.1, 0.15) is 15.9 Å². The number of carbonyl (C=O) groups is 1. The van der Waals surface area contributed by atoms with E-state index in [-0.39, 0.29) is 19.0 Å². The molecule has 0 aliphatic carbocycles. The molecule has 0 aliphatic rings. The number of carbonyl (C=O) groups excluding carboxylic acids is 1. The summed E-state index contributed by atoms with van der Waals surface area (Å²) >= 11 is 0. The molecule has 3 rings (SSSR count). The molecule has 0 bridgehead atoms. The maximum Gasteiger partial charge on any atom is 0.328 e. The summed E-state index contributed by atoms with van der Waals surface area (Å²) in [5.41, 5.74) is 0.430. The van der Waals surface area contributed by atoms with Gasteiger partial charge in [0.05, 0.1) is 10.9 Å². The van der Waals surface area contributed by atoms with Crippen LogP contribution in [0.2, 0.25) is 0 Å². The predicted molar refractivity (Wildman–Crippen MR) is 92.4 cm³/mol. The number of halogens is 1. The number of fused-ring (bicyclic) bond motifs is 1. The molecule has 0 aliphatic heterocycles. The lowest BCUT2D eigenvalue weighted by molar-refractivity contribution is 0.0952. The van der Waals surface area contributed by atoms with Crippen LogP contribution in [-0.2, 0) is 13.2 Å². The second kappa shape index (κ2) is 7.12. The van der Waals surface area contributed by atoms with Gasteiger partial charge in [0, 0.05) is 18.7 Å². The van der Waals surface area contributed by atoms with Crippen LogP contribution < -0.4 is 16.6 Å². The Bertz CT molecular complexity index is 1020. The van der Waals surface area contributed by atoms with Crippen molar-refractivity contribution in [3.8, 4) is 0 Å². The maximum absolute atomic E-state index is 12.5. The number of alkyl halides is 1. The summed E-state index contributed by atoms with van der Waals surface area (Å²) in [7, 11) is 0. The van der Waals surface area contributed by atoms with E-state index in [4.69, 9.17) is 0 Å². The Morgan fingerprint density at radius 3 is 2.52 bits per heavy atom. The van der Waals surface area contributed by atoms with Crippen LogP contribution >= 0.6 is 0 Å². The fourth-order valence-corrected chi connectivity index (χ4v) is 2.53. The van der Waals surface area contributed by atoms with Gasteiger partial charge < -0.3 is 10.3 Å². The minimum atomic E-state index is -0.588. The Morgan fingerprint density at radius 2 is 1.80 bits per heavy atom. The van der Waals surface area contributed by atoms with E-state index in [1.165, 1.54) is 24.3 Å². The van der Waals surface area contributed by atoms with Gasteiger partial charge in [0.2, 0.25) is 0 Å². The van der Waals surface area contributed by atoms with Crippen LogP contribution in [0, 0.1) is 0 Å². The van der Waals surface area contributed by atoms with Crippen molar-refractivity contribution in [1.82, 2.24) is 14.9 Å². The number of nitrogens with one attached hydrogen (secondary N) is 2. The molecule has 0 saturated carbocycles. The number of H-pyrrole nitrogens is 1. The fourth-order valence-electron chi connectivity index (χ4n) is 2.53. The van der Waals surface area contributed by atoms with Gasteiger partial charge in [-0.3, -0.25) is 14.2 Å². The van der Waals surface area contributed by atoms with Crippen LogP contribution in [-0.4, -0.2) is 22.0 Å². The molecular formula is C18H16FN3O3. The van der Waals surface area contributed by atoms with Crippen LogP contribution in [0.15, 0.2) is 58.1 Å². The summed E-state index contributed by atoms with van der Waals surface area (Å²) in [5, 5.41) is 3.05. The van der Waals surface area contributed by atoms with Crippen molar-refractivity contribution in [3.63, 3.8) is 0 Å². The lowest BCUT2D eigenvalue weighted by Gasteiger charge is -2.08. The molecule has 2 aromatic carbocycles. The first kappa shape index (κ1) is 16.6. The van der Waals surface area contributed by atoms with Gasteiger partial charge >= 0.3 is 5.69 Å². The first-order valence-electron chi connectivity index (χ1n) is 7.75. The quantitative estimate of drug-likeness (QED) is 0.739. The molecule has 0 unspecified atom stereocenters. The van der Waals surface area contributed by atoms with Crippen molar-refractivity contribution in [2.45, 2.75) is 13.2 Å². The third-order valence-corrected chi connectivity index (χ3v) is 3.88. The smallest absolute Gasteiger partial charge is 0.328 e. The van der Waals surface area contributed by atoms with Crippen LogP contribution in [0.25, 0.3) is 10.9 Å². The zero-order valence-electron chi connectivity index (χ0n) is 13.3. The molecule has 128 valence electrons. The molecule has 3 aromatic rings. The van der Waals surface area contributed by atoms with Gasteiger partial charge in [-0.05, 0) is 29.8 Å². The molecule has 0 fully saturated rings. The lowest BCUT2D eigenvalue weighted by Crippen LogP contribution is -2.39. The number of hydrogen-bond donors (Lipinski definition) is 2. The average molecular weight is 341 g/mol. The summed E-state index contributed by atoms with van der Waals surface area (Å²) in [6, 6.07) is 12.9. The van der Waals surface area contributed by atoms with Gasteiger partial charge in [-0.25, -0.2) is 9.18 Å². The van der Waals surface area contributed by atoms with Crippen molar-refractivity contribution in [2.75, 3.05) is 6.54 Å². The van der Waals surface area contributed by atoms with Gasteiger partial charge in [0.25, 0.3) is 11.5 Å². The van der Waals surface area contributed by atoms with Gasteiger partial charge in [-0.1, -0.05) is 24.3 Å². The van der Waals surface area contributed by atoms with E-state index in [0.29, 0.717) is 22.0 Å². The van der Waals surface area contributed by atoms with Crippen LogP contribution in [0.4, 0.5) is 4.39 Å². The molecule has 1 heterocycles. The highest BCUT2D eigenvalue weighted by atomic mass is 19.1. The molecule has 2 N–H and O–H groups in total. The minimum absolute atomic E-state index is 0.0489. The highest BCUT2D eigenvalue weighted by molar-refractivity contribution is 5.94. The SMILES string of the molecule is O=C(NCCn1c(=O)[nH]c2ccccc2c1=O)c1ccc(CF)cc1. The summed E-state index contributed by atoms with van der Waals surface area (Å²) in [4.78, 5) is 39.1. The molecule has 1 aromatic heterocycles. The maximum atomic E-state index is 12.5. The molecule has 6 nitrogen and oxygen atoms in total. The Kier molecular flexibility index (Phi) is 4.74. The van der Waals surface area contributed by atoms with Gasteiger partial charge in [-0.15, -0.1) is 0 Å². The van der Waals surface area contributed by atoms with E-state index < -0.39 is 17.9 Å². The van der Waals surface area contributed by atoms with Crippen molar-refractivity contribution in [3.05, 3.63) is 80.5 Å². The first-order valence-corrected chi connectivity index (χ1v) is 7.75. The molecular weight excluding hydrogens is 325 g/mol. The van der Waals surface area contributed by atoms with Gasteiger partial charge in [0.15, 0.2) is 0 Å². The van der Waals surface area contributed by atoms with Crippen molar-refractivity contribution < 1.29 is 9.18 Å². The number of hydrogen-bond acceptors (Lipinski definition) is 3. The number of benzene rings is 2. The van der Waals surface area contributed by atoms with E-state index in [1.54, 1.807) is 24.3 Å². The number of rotatable bonds is 5. The molecule has 0 atom stereocenters. The Labute approximate surface area is 141 Å². The Hall–Kier alpha value is -3.22. The third-order valence-electron chi connectivity index (χ3n) is 3.88. The molecule has 0 saturated heterocycles. The summed E-state index contributed by atoms with van der Waals surface area (Å²) < 4.78 is 13.5. The monoisotopic (exact) mass is 341 g/mol. The molecule has 0 radical (unpaired) electrons. The molecule has 1 amide bonds. The minimum Gasteiger partial charge on any atom is -0.350 e. The number of para-hydroxylation sites is 1. The second-order valence-corrected chi connectivity index (χ2v) is 5.52. The Morgan fingerprint density at radius 1 is 1.08 bits per heavy atom. The predicted octanol–water partition coefficient (Wildman–Crippen LogP) is 1.59. The second-order valence-electron chi connectivity index (χ2n) is 5.52. The van der Waals surface area contributed by atoms with Crippen LogP contribution in [0.3, 0.4) is 0 Å². The molecule has 25 heavy (non-hydrogen) atoms. The van der Waals surface area contributed by atoms with Gasteiger partial charge in [-0.2, -0.15) is 0 Å². The van der Waals surface area contributed by atoms with Crippen molar-refractivity contribution >= 4 is 16.8 Å². The highest BCUT2D eigenvalue weighted by Crippen LogP contribution is 2.05. The summed E-state index contributed by atoms with van der Waals surface area (Å²) in [6.07, 6.45) is 0. The standard InChI is InChI=1S/C18H16FN3O3/c19-11-12-5-7-13(8-6-12)16(23)20-9-10-22-17(24)14-3-1-2-4-15(14)21-18(22)25/h1-8H,9-11H2,(H,20,23)(H,21,25). The number of aromatic nitrogens is 2. The van der Waals surface area contributed by atoms with Crippen molar-refractivity contribution in [2.24, 2.45) is 0 Å². The molecule has 7 heteroatoms. The fraction of sp³-hybridized carbons (Fsp3) is 0.167. The Balaban J connectivity index is 1.71. The highest BCUT2D eigenvalue weighted by Gasteiger charge is 2.09. The average Bonchev–Trinajstić information content (AvgIpc) is 2.64.